The Morgan fingerprint density at radius 1 is 0.900 bits per heavy atom. The van der Waals surface area contributed by atoms with Gasteiger partial charge in [-0.25, -0.2) is 4.39 Å². The van der Waals surface area contributed by atoms with Crippen LogP contribution in [0.15, 0.2) is 72.8 Å². The number of aryl methyl sites for hydroxylation is 2. The highest BCUT2D eigenvalue weighted by Crippen LogP contribution is 2.19. The molecule has 0 aliphatic carbocycles. The molecule has 0 amide bonds. The quantitative estimate of drug-likeness (QED) is 0.467. The van der Waals surface area contributed by atoms with Gasteiger partial charge in [-0.1, -0.05) is 61.5 Å². The van der Waals surface area contributed by atoms with Crippen molar-refractivity contribution < 1.29 is 14.2 Å². The first-order valence-electron chi connectivity index (χ1n) is 10.5. The number of aliphatic hydroxyl groups is 1. The topological polar surface area (TPSA) is 41.5 Å². The van der Waals surface area contributed by atoms with Crippen molar-refractivity contribution in [3.63, 3.8) is 0 Å². The molecule has 3 rings (SSSR count). The fourth-order valence-electron chi connectivity index (χ4n) is 3.37. The van der Waals surface area contributed by atoms with Crippen LogP contribution in [-0.2, 0) is 26.0 Å². The third-order valence-electron chi connectivity index (χ3n) is 5.05. The van der Waals surface area contributed by atoms with Gasteiger partial charge >= 0.3 is 0 Å². The highest BCUT2D eigenvalue weighted by atomic mass is 19.1. The van der Waals surface area contributed by atoms with Gasteiger partial charge in [-0.3, -0.25) is 0 Å². The molecule has 1 unspecified atom stereocenters. The van der Waals surface area contributed by atoms with Crippen molar-refractivity contribution in [3.05, 3.63) is 101 Å². The second-order valence-electron chi connectivity index (χ2n) is 7.57. The molecule has 3 nitrogen and oxygen atoms in total. The minimum Gasteiger partial charge on any atom is -0.489 e. The average Bonchev–Trinajstić information content (AvgIpc) is 2.77. The third-order valence-corrected chi connectivity index (χ3v) is 5.05. The number of hydrogen-bond donors (Lipinski definition) is 2. The maximum atomic E-state index is 14.0. The average molecular weight is 408 g/mol. The van der Waals surface area contributed by atoms with Crippen LogP contribution >= 0.6 is 0 Å². The molecule has 0 spiro atoms. The normalized spacial score (nSPS) is 12.0. The lowest BCUT2D eigenvalue weighted by atomic mass is 10.1. The van der Waals surface area contributed by atoms with E-state index in [-0.39, 0.29) is 5.82 Å². The molecule has 3 aromatic carbocycles. The Kier molecular flexibility index (Phi) is 8.42. The molecule has 0 bridgehead atoms. The van der Waals surface area contributed by atoms with Crippen molar-refractivity contribution in [3.8, 4) is 5.75 Å². The summed E-state index contributed by atoms with van der Waals surface area (Å²) < 4.78 is 19.7. The van der Waals surface area contributed by atoms with E-state index >= 15 is 0 Å². The summed E-state index contributed by atoms with van der Waals surface area (Å²) in [5, 5.41) is 13.6. The van der Waals surface area contributed by atoms with Crippen LogP contribution in [0.2, 0.25) is 0 Å². The van der Waals surface area contributed by atoms with E-state index in [2.05, 4.69) is 36.5 Å². The van der Waals surface area contributed by atoms with Gasteiger partial charge in [0.1, 0.15) is 18.2 Å². The van der Waals surface area contributed by atoms with Crippen molar-refractivity contribution in [2.75, 3.05) is 6.54 Å². The zero-order chi connectivity index (χ0) is 21.2. The van der Waals surface area contributed by atoms with Crippen molar-refractivity contribution in [1.82, 2.24) is 5.32 Å². The lowest BCUT2D eigenvalue weighted by molar-refractivity contribution is 0.161. The van der Waals surface area contributed by atoms with Gasteiger partial charge in [0.25, 0.3) is 0 Å². The Labute approximate surface area is 178 Å². The smallest absolute Gasteiger partial charge is 0.127 e. The molecule has 0 heterocycles. The van der Waals surface area contributed by atoms with E-state index in [1.165, 1.54) is 23.3 Å². The lowest BCUT2D eigenvalue weighted by Gasteiger charge is -2.13. The Morgan fingerprint density at radius 2 is 1.67 bits per heavy atom. The van der Waals surface area contributed by atoms with Crippen LogP contribution in [0.4, 0.5) is 4.39 Å². The van der Waals surface area contributed by atoms with Crippen molar-refractivity contribution in [2.24, 2.45) is 0 Å². The first kappa shape index (κ1) is 22.0. The van der Waals surface area contributed by atoms with E-state index in [0.29, 0.717) is 31.7 Å². The number of halogens is 1. The number of nitrogens with one attached hydrogen (secondary N) is 1. The number of hydrogen-bond acceptors (Lipinski definition) is 3. The zero-order valence-corrected chi connectivity index (χ0v) is 17.5. The molecule has 0 aliphatic heterocycles. The summed E-state index contributed by atoms with van der Waals surface area (Å²) in [4.78, 5) is 0. The SMILES string of the molecule is CCc1cccc(CNCC(O)CCc2cc(F)cc(OCc3ccccc3)c2)c1. The Morgan fingerprint density at radius 3 is 2.47 bits per heavy atom. The van der Waals surface area contributed by atoms with Gasteiger partial charge in [0.15, 0.2) is 0 Å². The van der Waals surface area contributed by atoms with E-state index in [9.17, 15) is 9.50 Å². The first-order chi connectivity index (χ1) is 14.6. The van der Waals surface area contributed by atoms with Crippen LogP contribution in [0.5, 0.6) is 5.75 Å². The second kappa shape index (κ2) is 11.5. The van der Waals surface area contributed by atoms with Crippen LogP contribution in [0.25, 0.3) is 0 Å². The van der Waals surface area contributed by atoms with Gasteiger partial charge in [0.2, 0.25) is 0 Å². The predicted octanol–water partition coefficient (Wildman–Crippen LogP) is 5.05. The van der Waals surface area contributed by atoms with Crippen LogP contribution in [-0.4, -0.2) is 17.8 Å². The molecule has 0 radical (unpaired) electrons. The Bertz CT molecular complexity index is 914. The third kappa shape index (κ3) is 7.29. The summed E-state index contributed by atoms with van der Waals surface area (Å²) in [5.41, 5.74) is 4.39. The summed E-state index contributed by atoms with van der Waals surface area (Å²) >= 11 is 0. The summed E-state index contributed by atoms with van der Waals surface area (Å²) in [6.45, 7) is 3.77. The molecule has 0 saturated heterocycles. The molecule has 0 aliphatic rings. The molecular formula is C26H30FNO2. The van der Waals surface area contributed by atoms with E-state index < -0.39 is 6.10 Å². The van der Waals surface area contributed by atoms with Gasteiger partial charge in [0, 0.05) is 19.2 Å². The molecular weight excluding hydrogens is 377 g/mol. The summed E-state index contributed by atoms with van der Waals surface area (Å²) in [6, 6.07) is 23.0. The molecule has 3 aromatic rings. The minimum atomic E-state index is -0.490. The molecule has 2 N–H and O–H groups in total. The maximum absolute atomic E-state index is 14.0. The van der Waals surface area contributed by atoms with E-state index in [4.69, 9.17) is 4.74 Å². The fourth-order valence-corrected chi connectivity index (χ4v) is 3.37. The second-order valence-corrected chi connectivity index (χ2v) is 7.57. The number of rotatable bonds is 11. The highest BCUT2D eigenvalue weighted by molar-refractivity contribution is 5.30. The molecule has 30 heavy (non-hydrogen) atoms. The molecule has 1 atom stereocenters. The molecule has 4 heteroatoms. The van der Waals surface area contributed by atoms with Crippen LogP contribution in [0.3, 0.4) is 0 Å². The van der Waals surface area contributed by atoms with Gasteiger partial charge < -0.3 is 15.2 Å². The molecule has 0 fully saturated rings. The zero-order valence-electron chi connectivity index (χ0n) is 17.5. The standard InChI is InChI=1S/C26H30FNO2/c1-2-20-9-6-10-23(13-20)17-28-18-25(29)12-11-22-14-24(27)16-26(15-22)30-19-21-7-4-3-5-8-21/h3-10,13-16,25,28-29H,2,11-12,17-19H2,1H3. The van der Waals surface area contributed by atoms with Crippen molar-refractivity contribution >= 4 is 0 Å². The first-order valence-corrected chi connectivity index (χ1v) is 10.5. The van der Waals surface area contributed by atoms with Gasteiger partial charge in [-0.2, -0.15) is 0 Å². The van der Waals surface area contributed by atoms with Gasteiger partial charge in [-0.05, 0) is 53.6 Å². The molecule has 158 valence electrons. The monoisotopic (exact) mass is 407 g/mol. The fraction of sp³-hybridized carbons (Fsp3) is 0.308. The number of ether oxygens (including phenoxy) is 1. The maximum Gasteiger partial charge on any atom is 0.127 e. The van der Waals surface area contributed by atoms with Gasteiger partial charge in [0.05, 0.1) is 6.10 Å². The summed E-state index contributed by atoms with van der Waals surface area (Å²) in [6.07, 6.45) is 1.68. The Balaban J connectivity index is 1.44. The van der Waals surface area contributed by atoms with E-state index in [1.54, 1.807) is 0 Å². The van der Waals surface area contributed by atoms with E-state index in [0.717, 1.165) is 24.1 Å². The summed E-state index contributed by atoms with van der Waals surface area (Å²) in [5.74, 6) is 0.191. The lowest BCUT2D eigenvalue weighted by Crippen LogP contribution is -2.26. The highest BCUT2D eigenvalue weighted by Gasteiger charge is 2.08. The summed E-state index contributed by atoms with van der Waals surface area (Å²) in [7, 11) is 0. The van der Waals surface area contributed by atoms with E-state index in [1.807, 2.05) is 36.4 Å². The molecule has 0 aromatic heterocycles. The van der Waals surface area contributed by atoms with Crippen LogP contribution in [0.1, 0.15) is 35.6 Å². The molecule has 0 saturated carbocycles. The van der Waals surface area contributed by atoms with Crippen molar-refractivity contribution in [1.29, 1.82) is 0 Å². The minimum absolute atomic E-state index is 0.320. The van der Waals surface area contributed by atoms with Crippen LogP contribution in [0, 0.1) is 5.82 Å². The largest absolute Gasteiger partial charge is 0.489 e. The number of benzene rings is 3. The van der Waals surface area contributed by atoms with Gasteiger partial charge in [-0.15, -0.1) is 0 Å². The predicted molar refractivity (Wildman–Crippen MR) is 119 cm³/mol. The van der Waals surface area contributed by atoms with Crippen LogP contribution < -0.4 is 10.1 Å². The Hall–Kier alpha value is -2.69. The van der Waals surface area contributed by atoms with Crippen molar-refractivity contribution in [2.45, 2.75) is 45.4 Å². The number of aliphatic hydroxyl groups excluding tert-OH is 1.